The van der Waals surface area contributed by atoms with Gasteiger partial charge in [-0.1, -0.05) is 6.92 Å². The van der Waals surface area contributed by atoms with E-state index in [-0.39, 0.29) is 12.6 Å². The first-order valence-electron chi connectivity index (χ1n) is 8.60. The van der Waals surface area contributed by atoms with Crippen molar-refractivity contribution in [3.63, 3.8) is 0 Å². The second-order valence-corrected chi connectivity index (χ2v) is 10.4. The third kappa shape index (κ3) is 13.3. The number of rotatable bonds is 7. The predicted octanol–water partition coefficient (Wildman–Crippen LogP) is 5.04. The van der Waals surface area contributed by atoms with Gasteiger partial charge in [-0.3, -0.25) is 13.6 Å². The average Bonchev–Trinajstić information content (AvgIpc) is 2.27. The minimum absolute atomic E-state index is 0.0147. The second-order valence-electron chi connectivity index (χ2n) is 8.90. The lowest BCUT2D eigenvalue weighted by atomic mass is 10.2. The minimum atomic E-state index is -3.81. The zero-order valence-corrected chi connectivity index (χ0v) is 18.3. The highest BCUT2D eigenvalue weighted by Crippen LogP contribution is 2.55. The number of carbonyl (C=O) groups is 1. The molecule has 0 spiro atoms. The Morgan fingerprint density at radius 1 is 0.920 bits per heavy atom. The fraction of sp³-hybridized carbons (Fsp3) is 0.941. The van der Waals surface area contributed by atoms with Crippen molar-refractivity contribution >= 4 is 13.9 Å². The van der Waals surface area contributed by atoms with Gasteiger partial charge in [0.1, 0.15) is 5.60 Å². The molecule has 1 atom stereocenters. The van der Waals surface area contributed by atoms with Gasteiger partial charge >= 0.3 is 13.9 Å². The summed E-state index contributed by atoms with van der Waals surface area (Å²) in [5, 5.41) is 2.70. The Labute approximate surface area is 152 Å². The molecule has 0 aliphatic heterocycles. The maximum absolute atomic E-state index is 13.0. The third-order valence-electron chi connectivity index (χ3n) is 2.42. The first kappa shape index (κ1) is 24.4. The predicted molar refractivity (Wildman–Crippen MR) is 98.7 cm³/mol. The Morgan fingerprint density at radius 3 is 1.68 bits per heavy atom. The van der Waals surface area contributed by atoms with Crippen LogP contribution in [0.3, 0.4) is 0 Å². The molecule has 0 aliphatic carbocycles. The topological polar surface area (TPSA) is 83.1 Å². The standard InChI is InChI=1S/C17H36NO6P/c1-11-13(18-14(19)22-15(2,3)4)12-21-25(20,23-16(5,6)7)24-17(8,9)10/h13H,11-12H2,1-10H3,(H,18,19). The van der Waals surface area contributed by atoms with Crippen LogP contribution in [-0.4, -0.2) is 35.5 Å². The summed E-state index contributed by atoms with van der Waals surface area (Å²) < 4.78 is 34.8. The van der Waals surface area contributed by atoms with Gasteiger partial charge in [0.15, 0.2) is 0 Å². The fourth-order valence-corrected chi connectivity index (χ4v) is 3.51. The van der Waals surface area contributed by atoms with Gasteiger partial charge in [0.2, 0.25) is 0 Å². The van der Waals surface area contributed by atoms with Crippen LogP contribution in [0.2, 0.25) is 0 Å². The number of phosphoric ester groups is 1. The smallest absolute Gasteiger partial charge is 0.444 e. The van der Waals surface area contributed by atoms with Crippen LogP contribution in [0.25, 0.3) is 0 Å². The van der Waals surface area contributed by atoms with Gasteiger partial charge in [-0.2, -0.15) is 0 Å². The molecule has 0 radical (unpaired) electrons. The van der Waals surface area contributed by atoms with Crippen molar-refractivity contribution in [1.29, 1.82) is 0 Å². The van der Waals surface area contributed by atoms with Gasteiger partial charge in [-0.15, -0.1) is 0 Å². The summed E-state index contributed by atoms with van der Waals surface area (Å²) in [6.07, 6.45) is 0.0239. The largest absolute Gasteiger partial charge is 0.475 e. The van der Waals surface area contributed by atoms with Crippen LogP contribution >= 0.6 is 7.82 Å². The Kier molecular flexibility index (Phi) is 8.63. The Hall–Kier alpha value is -0.620. The van der Waals surface area contributed by atoms with Crippen LogP contribution in [0.4, 0.5) is 4.79 Å². The molecule has 0 saturated carbocycles. The number of hydrogen-bond acceptors (Lipinski definition) is 6. The van der Waals surface area contributed by atoms with Gasteiger partial charge in [0.25, 0.3) is 0 Å². The molecule has 7 nitrogen and oxygen atoms in total. The molecular weight excluding hydrogens is 345 g/mol. The van der Waals surface area contributed by atoms with Gasteiger partial charge in [0, 0.05) is 0 Å². The molecule has 0 aromatic heterocycles. The highest BCUT2D eigenvalue weighted by atomic mass is 31.2. The van der Waals surface area contributed by atoms with Crippen LogP contribution in [0.15, 0.2) is 0 Å². The van der Waals surface area contributed by atoms with Crippen LogP contribution in [0, 0.1) is 0 Å². The van der Waals surface area contributed by atoms with Crippen molar-refractivity contribution in [2.45, 2.75) is 98.5 Å². The summed E-state index contributed by atoms with van der Waals surface area (Å²) in [7, 11) is -3.81. The molecule has 0 bridgehead atoms. The summed E-state index contributed by atoms with van der Waals surface area (Å²) in [6, 6.07) is -0.379. The summed E-state index contributed by atoms with van der Waals surface area (Å²) >= 11 is 0. The lowest BCUT2D eigenvalue weighted by molar-refractivity contribution is -0.000744. The first-order valence-corrected chi connectivity index (χ1v) is 10.1. The van der Waals surface area contributed by atoms with E-state index < -0.39 is 30.7 Å². The molecular formula is C17H36NO6P. The molecule has 0 rings (SSSR count). The van der Waals surface area contributed by atoms with Crippen molar-refractivity contribution < 1.29 is 27.7 Å². The number of alkyl carbamates (subject to hydrolysis) is 1. The lowest BCUT2D eigenvalue weighted by Crippen LogP contribution is -2.41. The van der Waals surface area contributed by atoms with Crippen LogP contribution in [0.1, 0.15) is 75.7 Å². The van der Waals surface area contributed by atoms with E-state index in [9.17, 15) is 9.36 Å². The molecule has 0 fully saturated rings. The van der Waals surface area contributed by atoms with Crippen molar-refractivity contribution in [3.05, 3.63) is 0 Å². The minimum Gasteiger partial charge on any atom is -0.444 e. The Bertz CT molecular complexity index is 453. The molecule has 1 amide bonds. The van der Waals surface area contributed by atoms with Crippen molar-refractivity contribution in [1.82, 2.24) is 5.32 Å². The van der Waals surface area contributed by atoms with Gasteiger partial charge < -0.3 is 10.1 Å². The number of nitrogens with one attached hydrogen (secondary N) is 1. The Balaban J connectivity index is 4.94. The maximum atomic E-state index is 13.0. The van der Waals surface area contributed by atoms with Crippen molar-refractivity contribution in [2.24, 2.45) is 0 Å². The van der Waals surface area contributed by atoms with Crippen molar-refractivity contribution in [2.75, 3.05) is 6.61 Å². The van der Waals surface area contributed by atoms with Gasteiger partial charge in [-0.25, -0.2) is 9.36 Å². The monoisotopic (exact) mass is 381 g/mol. The lowest BCUT2D eigenvalue weighted by Gasteiger charge is -2.32. The first-order chi connectivity index (χ1) is 10.9. The van der Waals surface area contributed by atoms with E-state index in [1.165, 1.54) is 0 Å². The molecule has 150 valence electrons. The van der Waals surface area contributed by atoms with E-state index in [2.05, 4.69) is 5.32 Å². The molecule has 0 aliphatic rings. The normalized spacial score (nSPS) is 15.0. The second kappa shape index (κ2) is 8.85. The zero-order valence-electron chi connectivity index (χ0n) is 17.4. The molecule has 1 unspecified atom stereocenters. The van der Waals surface area contributed by atoms with Crippen LogP contribution in [0.5, 0.6) is 0 Å². The van der Waals surface area contributed by atoms with Gasteiger partial charge in [-0.05, 0) is 68.7 Å². The molecule has 25 heavy (non-hydrogen) atoms. The molecule has 8 heteroatoms. The van der Waals surface area contributed by atoms with Gasteiger partial charge in [0.05, 0.1) is 23.9 Å². The molecule has 0 saturated heterocycles. The Morgan fingerprint density at radius 2 is 1.36 bits per heavy atom. The summed E-state index contributed by atoms with van der Waals surface area (Å²) in [5.74, 6) is 0. The van der Waals surface area contributed by atoms with Crippen molar-refractivity contribution in [3.8, 4) is 0 Å². The summed E-state index contributed by atoms with van der Waals surface area (Å²) in [4.78, 5) is 11.9. The fourth-order valence-electron chi connectivity index (χ4n) is 1.66. The third-order valence-corrected chi connectivity index (χ3v) is 4.43. The average molecular weight is 381 g/mol. The number of phosphoric acid groups is 1. The molecule has 0 aromatic carbocycles. The zero-order chi connectivity index (χ0) is 20.1. The highest BCUT2D eigenvalue weighted by Gasteiger charge is 2.37. The summed E-state index contributed by atoms with van der Waals surface area (Å²) in [6.45, 7) is 17.8. The number of amides is 1. The quantitative estimate of drug-likeness (QED) is 0.622. The van der Waals surface area contributed by atoms with E-state index in [1.807, 2.05) is 6.92 Å². The number of carbonyl (C=O) groups excluding carboxylic acids is 1. The highest BCUT2D eigenvalue weighted by molar-refractivity contribution is 7.48. The van der Waals surface area contributed by atoms with Crippen LogP contribution < -0.4 is 5.32 Å². The van der Waals surface area contributed by atoms with E-state index in [0.29, 0.717) is 6.42 Å². The maximum Gasteiger partial charge on any atom is 0.475 e. The number of ether oxygens (including phenoxy) is 1. The molecule has 0 aromatic rings. The van der Waals surface area contributed by atoms with Crippen LogP contribution in [-0.2, 0) is 22.9 Å². The van der Waals surface area contributed by atoms with E-state index in [4.69, 9.17) is 18.3 Å². The molecule has 1 N–H and O–H groups in total. The summed E-state index contributed by atoms with van der Waals surface area (Å²) in [5.41, 5.74) is -2.01. The van der Waals surface area contributed by atoms with E-state index in [1.54, 1.807) is 62.3 Å². The SMILES string of the molecule is CCC(COP(=O)(OC(C)(C)C)OC(C)(C)C)NC(=O)OC(C)(C)C. The number of hydrogen-bond donors (Lipinski definition) is 1. The van der Waals surface area contributed by atoms with E-state index >= 15 is 0 Å². The van der Waals surface area contributed by atoms with E-state index in [0.717, 1.165) is 0 Å². The molecule has 0 heterocycles.